The van der Waals surface area contributed by atoms with Crippen LogP contribution in [0.25, 0.3) is 16.8 Å². The summed E-state index contributed by atoms with van der Waals surface area (Å²) in [5.41, 5.74) is 3.30. The molecular weight excluding hydrogens is 336 g/mol. The van der Waals surface area contributed by atoms with Gasteiger partial charge in [-0.1, -0.05) is 62.7 Å². The number of carboxylic acids is 1. The first-order chi connectivity index (χ1) is 11.8. The number of benzene rings is 2. The zero-order valence-corrected chi connectivity index (χ0v) is 15.1. The monoisotopic (exact) mass is 354 g/mol. The van der Waals surface area contributed by atoms with Crippen LogP contribution < -0.4 is 0 Å². The van der Waals surface area contributed by atoms with Gasteiger partial charge in [0.05, 0.1) is 11.4 Å². The lowest BCUT2D eigenvalue weighted by molar-refractivity contribution is 0.0690. The molecule has 0 bridgehead atoms. The fourth-order valence-electron chi connectivity index (χ4n) is 2.72. The van der Waals surface area contributed by atoms with Gasteiger partial charge in [0.25, 0.3) is 0 Å². The number of carboxylic acid groups (broad SMARTS) is 1. The molecule has 1 N–H and O–H groups in total. The molecule has 0 aliphatic carbocycles. The molecule has 0 aliphatic rings. The van der Waals surface area contributed by atoms with Crippen LogP contribution in [0, 0.1) is 0 Å². The Morgan fingerprint density at radius 3 is 2.44 bits per heavy atom. The van der Waals surface area contributed by atoms with Crippen molar-refractivity contribution in [2.24, 2.45) is 0 Å². The van der Waals surface area contributed by atoms with Crippen LogP contribution in [0.3, 0.4) is 0 Å². The van der Waals surface area contributed by atoms with Gasteiger partial charge in [0.1, 0.15) is 0 Å². The van der Waals surface area contributed by atoms with E-state index in [0.29, 0.717) is 5.02 Å². The first kappa shape index (κ1) is 17.2. The summed E-state index contributed by atoms with van der Waals surface area (Å²) >= 11 is 6.31. The summed E-state index contributed by atoms with van der Waals surface area (Å²) in [5, 5.41) is 14.3. The normalized spacial score (nSPS) is 11.5. The van der Waals surface area contributed by atoms with Gasteiger partial charge < -0.3 is 5.11 Å². The van der Waals surface area contributed by atoms with Crippen LogP contribution in [-0.4, -0.2) is 20.9 Å². The molecule has 1 aromatic heterocycles. The lowest BCUT2D eigenvalue weighted by Gasteiger charge is -2.20. The Balaban J connectivity index is 2.16. The minimum atomic E-state index is -1.04. The molecule has 0 saturated carbocycles. The molecule has 2 aromatic carbocycles. The van der Waals surface area contributed by atoms with E-state index < -0.39 is 5.97 Å². The quantitative estimate of drug-likeness (QED) is 0.704. The van der Waals surface area contributed by atoms with E-state index in [0.717, 1.165) is 22.5 Å². The molecule has 4 nitrogen and oxygen atoms in total. The van der Waals surface area contributed by atoms with Crippen molar-refractivity contribution in [3.63, 3.8) is 0 Å². The average molecular weight is 355 g/mol. The van der Waals surface area contributed by atoms with Gasteiger partial charge in [0.15, 0.2) is 5.69 Å². The van der Waals surface area contributed by atoms with Gasteiger partial charge in [-0.15, -0.1) is 0 Å². The second-order valence-electron chi connectivity index (χ2n) is 6.91. The number of nitrogens with zero attached hydrogens (tertiary/aromatic N) is 2. The lowest BCUT2D eigenvalue weighted by atomic mass is 9.91. The third kappa shape index (κ3) is 3.44. The Morgan fingerprint density at radius 2 is 1.80 bits per heavy atom. The number of hydrogen-bond acceptors (Lipinski definition) is 2. The summed E-state index contributed by atoms with van der Waals surface area (Å²) < 4.78 is 1.70. The summed E-state index contributed by atoms with van der Waals surface area (Å²) in [5.74, 6) is -1.04. The number of hydrogen-bond donors (Lipinski definition) is 1. The highest BCUT2D eigenvalue weighted by Gasteiger charge is 2.24. The maximum atomic E-state index is 11.4. The number of rotatable bonds is 3. The van der Waals surface area contributed by atoms with E-state index in [1.54, 1.807) is 10.7 Å². The summed E-state index contributed by atoms with van der Waals surface area (Å²) in [4.78, 5) is 11.4. The summed E-state index contributed by atoms with van der Waals surface area (Å²) in [6, 6.07) is 17.0. The Kier molecular flexibility index (Phi) is 4.39. The minimum absolute atomic E-state index is 0.0353. The van der Waals surface area contributed by atoms with Gasteiger partial charge in [-0.3, -0.25) is 0 Å². The van der Waals surface area contributed by atoms with Crippen molar-refractivity contribution in [2.75, 3.05) is 0 Å². The van der Waals surface area contributed by atoms with E-state index in [1.807, 2.05) is 69.3 Å². The van der Waals surface area contributed by atoms with Crippen molar-refractivity contribution in [1.29, 1.82) is 0 Å². The topological polar surface area (TPSA) is 55.1 Å². The molecule has 0 fully saturated rings. The standard InChI is InChI=1S/C20H19ClN2O2/c1-20(2,3)18-12-17(19(24)25)22-23(18)14-8-6-7-13(11-14)15-9-4-5-10-16(15)21/h4-12H,1-3H3,(H,24,25). The zero-order valence-electron chi connectivity index (χ0n) is 14.3. The van der Waals surface area contributed by atoms with Crippen LogP contribution in [-0.2, 0) is 5.41 Å². The lowest BCUT2D eigenvalue weighted by Crippen LogP contribution is -2.17. The SMILES string of the molecule is CC(C)(C)c1cc(C(=O)O)nn1-c1cccc(-c2ccccc2Cl)c1. The average Bonchev–Trinajstić information content (AvgIpc) is 3.01. The second kappa shape index (κ2) is 6.37. The molecule has 5 heteroatoms. The molecule has 0 aliphatic heterocycles. The molecule has 0 radical (unpaired) electrons. The Morgan fingerprint density at radius 1 is 1.08 bits per heavy atom. The van der Waals surface area contributed by atoms with Crippen LogP contribution in [0.2, 0.25) is 5.02 Å². The van der Waals surface area contributed by atoms with E-state index in [9.17, 15) is 9.90 Å². The molecule has 1 heterocycles. The van der Waals surface area contributed by atoms with Gasteiger partial charge in [-0.25, -0.2) is 9.48 Å². The van der Waals surface area contributed by atoms with Crippen molar-refractivity contribution in [3.05, 3.63) is 71.0 Å². The Bertz CT molecular complexity index is 939. The predicted octanol–water partition coefficient (Wildman–Crippen LogP) is 5.19. The highest BCUT2D eigenvalue weighted by atomic mass is 35.5. The number of aromatic nitrogens is 2. The van der Waals surface area contributed by atoms with E-state index in [-0.39, 0.29) is 11.1 Å². The van der Waals surface area contributed by atoms with Crippen LogP contribution in [0.1, 0.15) is 37.0 Å². The smallest absolute Gasteiger partial charge is 0.356 e. The highest BCUT2D eigenvalue weighted by molar-refractivity contribution is 6.33. The van der Waals surface area contributed by atoms with E-state index in [2.05, 4.69) is 5.10 Å². The first-order valence-corrected chi connectivity index (χ1v) is 8.34. The molecule has 0 saturated heterocycles. The zero-order chi connectivity index (χ0) is 18.2. The molecular formula is C20H19ClN2O2. The van der Waals surface area contributed by atoms with Crippen molar-refractivity contribution in [1.82, 2.24) is 9.78 Å². The Hall–Kier alpha value is -2.59. The molecule has 25 heavy (non-hydrogen) atoms. The van der Waals surface area contributed by atoms with Gasteiger partial charge in [0.2, 0.25) is 0 Å². The molecule has 128 valence electrons. The fourth-order valence-corrected chi connectivity index (χ4v) is 2.96. The largest absolute Gasteiger partial charge is 0.476 e. The third-order valence-electron chi connectivity index (χ3n) is 3.97. The van der Waals surface area contributed by atoms with E-state index in [1.165, 1.54) is 0 Å². The molecule has 0 spiro atoms. The van der Waals surface area contributed by atoms with Gasteiger partial charge in [0, 0.05) is 16.0 Å². The minimum Gasteiger partial charge on any atom is -0.476 e. The van der Waals surface area contributed by atoms with Gasteiger partial charge in [-0.2, -0.15) is 5.10 Å². The van der Waals surface area contributed by atoms with Crippen molar-refractivity contribution in [3.8, 4) is 16.8 Å². The van der Waals surface area contributed by atoms with Crippen LogP contribution in [0.4, 0.5) is 0 Å². The predicted molar refractivity (Wildman–Crippen MR) is 99.7 cm³/mol. The van der Waals surface area contributed by atoms with E-state index >= 15 is 0 Å². The molecule has 3 aromatic rings. The highest BCUT2D eigenvalue weighted by Crippen LogP contribution is 2.31. The molecule has 0 amide bonds. The maximum absolute atomic E-state index is 11.4. The number of halogens is 1. The van der Waals surface area contributed by atoms with E-state index in [4.69, 9.17) is 11.6 Å². The molecule has 0 unspecified atom stereocenters. The van der Waals surface area contributed by atoms with Crippen molar-refractivity contribution >= 4 is 17.6 Å². The summed E-state index contributed by atoms with van der Waals surface area (Å²) in [6.07, 6.45) is 0. The Labute approximate surface area is 151 Å². The number of aromatic carboxylic acids is 1. The van der Waals surface area contributed by atoms with Crippen LogP contribution in [0.15, 0.2) is 54.6 Å². The van der Waals surface area contributed by atoms with Gasteiger partial charge in [-0.05, 0) is 29.8 Å². The van der Waals surface area contributed by atoms with Crippen LogP contribution in [0.5, 0.6) is 0 Å². The first-order valence-electron chi connectivity index (χ1n) is 7.96. The summed E-state index contributed by atoms with van der Waals surface area (Å²) in [6.45, 7) is 6.10. The van der Waals surface area contributed by atoms with Gasteiger partial charge >= 0.3 is 5.97 Å². The second-order valence-corrected chi connectivity index (χ2v) is 7.32. The fraction of sp³-hybridized carbons (Fsp3) is 0.200. The third-order valence-corrected chi connectivity index (χ3v) is 4.30. The maximum Gasteiger partial charge on any atom is 0.356 e. The van der Waals surface area contributed by atoms with Crippen LogP contribution >= 0.6 is 11.6 Å². The van der Waals surface area contributed by atoms with Crippen molar-refractivity contribution < 1.29 is 9.90 Å². The van der Waals surface area contributed by atoms with Crippen molar-refractivity contribution in [2.45, 2.75) is 26.2 Å². The molecule has 3 rings (SSSR count). The summed E-state index contributed by atoms with van der Waals surface area (Å²) in [7, 11) is 0. The molecule has 0 atom stereocenters. The number of carbonyl (C=O) groups is 1.